The molecule has 0 aliphatic carbocycles. The van der Waals surface area contributed by atoms with Crippen LogP contribution in [0.3, 0.4) is 0 Å². The molecule has 0 N–H and O–H groups in total. The third kappa shape index (κ3) is 3.22. The Labute approximate surface area is 170 Å². The number of amides is 1. The Morgan fingerprint density at radius 1 is 1.20 bits per heavy atom. The molecule has 2 aromatic carbocycles. The maximum Gasteiger partial charge on any atom is 0.290 e. The second-order valence-electron chi connectivity index (χ2n) is 7.37. The van der Waals surface area contributed by atoms with Gasteiger partial charge in [0.15, 0.2) is 5.43 Å². The van der Waals surface area contributed by atoms with E-state index in [4.69, 9.17) is 4.42 Å². The summed E-state index contributed by atoms with van der Waals surface area (Å²) in [7, 11) is 3.69. The fourth-order valence-corrected chi connectivity index (χ4v) is 3.69. The molecule has 3 aromatic rings. The van der Waals surface area contributed by atoms with Crippen molar-refractivity contribution in [2.24, 2.45) is 0 Å². The number of likely N-dealkylation sites (N-methyl/N-ethyl adjacent to an activating group) is 1. The molecule has 4 rings (SSSR count). The van der Waals surface area contributed by atoms with E-state index in [1.807, 2.05) is 19.0 Å². The lowest BCUT2D eigenvalue weighted by molar-refractivity contribution is -0.384. The summed E-state index contributed by atoms with van der Waals surface area (Å²) in [4.78, 5) is 40.4. The standard InChI is InChI=1S/C21H18FN3O5/c1-23(2)8-9-24-18(12-4-3-5-14(10-12)25(28)29)17-19(26)15-11-13(22)6-7-16(15)30-20(17)21(24)27/h3-7,10-11,18H,8-9H2,1-2H3. The van der Waals surface area contributed by atoms with E-state index in [9.17, 15) is 24.1 Å². The van der Waals surface area contributed by atoms with Gasteiger partial charge in [-0.1, -0.05) is 12.1 Å². The van der Waals surface area contributed by atoms with Crippen LogP contribution in [0.15, 0.2) is 51.7 Å². The summed E-state index contributed by atoms with van der Waals surface area (Å²) in [6, 6.07) is 8.47. The van der Waals surface area contributed by atoms with E-state index in [1.165, 1.54) is 29.2 Å². The number of nitro groups is 1. The molecule has 2 heterocycles. The Balaban J connectivity index is 1.96. The topological polar surface area (TPSA) is 96.9 Å². The molecule has 1 amide bonds. The van der Waals surface area contributed by atoms with E-state index < -0.39 is 28.1 Å². The van der Waals surface area contributed by atoms with Crippen LogP contribution in [-0.2, 0) is 0 Å². The Kier molecular flexibility index (Phi) is 4.83. The highest BCUT2D eigenvalue weighted by molar-refractivity contribution is 5.99. The van der Waals surface area contributed by atoms with Gasteiger partial charge in [0.2, 0.25) is 5.76 Å². The predicted octanol–water partition coefficient (Wildman–Crippen LogP) is 2.95. The SMILES string of the molecule is CN(C)CCN1C(=O)c2oc3ccc(F)cc3c(=O)c2C1c1cccc([N+](=O)[O-])c1. The minimum Gasteiger partial charge on any atom is -0.450 e. The van der Waals surface area contributed by atoms with Crippen molar-refractivity contribution in [3.8, 4) is 0 Å². The summed E-state index contributed by atoms with van der Waals surface area (Å²) in [5, 5.41) is 11.3. The maximum atomic E-state index is 13.8. The van der Waals surface area contributed by atoms with Crippen molar-refractivity contribution in [2.75, 3.05) is 27.2 Å². The summed E-state index contributed by atoms with van der Waals surface area (Å²) < 4.78 is 19.5. The normalized spacial score (nSPS) is 15.8. The Morgan fingerprint density at radius 3 is 2.67 bits per heavy atom. The van der Waals surface area contributed by atoms with E-state index in [2.05, 4.69) is 0 Å². The quantitative estimate of drug-likeness (QED) is 0.473. The second-order valence-corrected chi connectivity index (χ2v) is 7.37. The van der Waals surface area contributed by atoms with Crippen LogP contribution in [0.4, 0.5) is 10.1 Å². The number of non-ortho nitro benzene ring substituents is 1. The summed E-state index contributed by atoms with van der Waals surface area (Å²) in [5.74, 6) is -1.20. The third-order valence-electron chi connectivity index (χ3n) is 5.11. The molecule has 0 spiro atoms. The zero-order valence-corrected chi connectivity index (χ0v) is 16.3. The van der Waals surface area contributed by atoms with E-state index in [-0.39, 0.29) is 34.5 Å². The smallest absolute Gasteiger partial charge is 0.290 e. The first-order valence-electron chi connectivity index (χ1n) is 9.24. The summed E-state index contributed by atoms with van der Waals surface area (Å²) in [6.45, 7) is 0.779. The zero-order valence-electron chi connectivity index (χ0n) is 16.3. The van der Waals surface area contributed by atoms with Crippen molar-refractivity contribution in [2.45, 2.75) is 6.04 Å². The van der Waals surface area contributed by atoms with Gasteiger partial charge in [0.1, 0.15) is 11.4 Å². The highest BCUT2D eigenvalue weighted by Gasteiger charge is 2.42. The van der Waals surface area contributed by atoms with Crippen LogP contribution >= 0.6 is 0 Å². The number of nitrogens with zero attached hydrogens (tertiary/aromatic N) is 3. The minimum absolute atomic E-state index is 0.0199. The van der Waals surface area contributed by atoms with Crippen molar-refractivity contribution in [3.63, 3.8) is 0 Å². The molecule has 154 valence electrons. The monoisotopic (exact) mass is 411 g/mol. The minimum atomic E-state index is -0.865. The van der Waals surface area contributed by atoms with Crippen molar-refractivity contribution >= 4 is 22.6 Å². The lowest BCUT2D eigenvalue weighted by Gasteiger charge is -2.26. The molecule has 30 heavy (non-hydrogen) atoms. The number of carbonyl (C=O) groups excluding carboxylic acids is 1. The summed E-state index contributed by atoms with van der Waals surface area (Å²) >= 11 is 0. The first kappa shape index (κ1) is 19.7. The fourth-order valence-electron chi connectivity index (χ4n) is 3.69. The molecular formula is C21H18FN3O5. The molecular weight excluding hydrogens is 393 g/mol. The number of hydrogen-bond acceptors (Lipinski definition) is 6. The van der Waals surface area contributed by atoms with Crippen LogP contribution in [0.25, 0.3) is 11.0 Å². The summed E-state index contributed by atoms with van der Waals surface area (Å²) in [5.41, 5.74) is -0.0867. The van der Waals surface area contributed by atoms with Crippen LogP contribution in [0.2, 0.25) is 0 Å². The lowest BCUT2D eigenvalue weighted by atomic mass is 9.98. The summed E-state index contributed by atoms with van der Waals surface area (Å²) in [6.07, 6.45) is 0. The number of carbonyl (C=O) groups is 1. The van der Waals surface area contributed by atoms with Crippen molar-refractivity contribution in [1.29, 1.82) is 0 Å². The van der Waals surface area contributed by atoms with Gasteiger partial charge in [-0.05, 0) is 37.9 Å². The first-order chi connectivity index (χ1) is 14.3. The third-order valence-corrected chi connectivity index (χ3v) is 5.11. The zero-order chi connectivity index (χ0) is 21.6. The highest BCUT2D eigenvalue weighted by Crippen LogP contribution is 2.38. The van der Waals surface area contributed by atoms with Gasteiger partial charge in [-0.25, -0.2) is 4.39 Å². The van der Waals surface area contributed by atoms with Gasteiger partial charge >= 0.3 is 0 Å². The largest absolute Gasteiger partial charge is 0.450 e. The molecule has 1 aliphatic heterocycles. The number of nitro benzene ring substituents is 1. The molecule has 1 atom stereocenters. The van der Waals surface area contributed by atoms with Crippen LogP contribution in [0, 0.1) is 15.9 Å². The number of halogens is 1. The van der Waals surface area contributed by atoms with E-state index >= 15 is 0 Å². The van der Waals surface area contributed by atoms with Crippen molar-refractivity contribution in [3.05, 3.63) is 85.5 Å². The van der Waals surface area contributed by atoms with E-state index in [0.29, 0.717) is 12.1 Å². The Morgan fingerprint density at radius 2 is 1.97 bits per heavy atom. The number of hydrogen-bond donors (Lipinski definition) is 0. The first-order valence-corrected chi connectivity index (χ1v) is 9.24. The average Bonchev–Trinajstić information content (AvgIpc) is 2.99. The predicted molar refractivity (Wildman–Crippen MR) is 107 cm³/mol. The van der Waals surface area contributed by atoms with Gasteiger partial charge in [0.05, 0.1) is 21.9 Å². The Bertz CT molecular complexity index is 1240. The van der Waals surface area contributed by atoms with Gasteiger partial charge in [0, 0.05) is 25.2 Å². The molecule has 1 unspecified atom stereocenters. The van der Waals surface area contributed by atoms with E-state index in [1.54, 1.807) is 6.07 Å². The highest BCUT2D eigenvalue weighted by atomic mass is 19.1. The van der Waals surface area contributed by atoms with Crippen LogP contribution in [0.5, 0.6) is 0 Å². The van der Waals surface area contributed by atoms with Gasteiger partial charge in [-0.15, -0.1) is 0 Å². The maximum absolute atomic E-state index is 13.8. The number of rotatable bonds is 5. The fraction of sp³-hybridized carbons (Fsp3) is 0.238. The lowest BCUT2D eigenvalue weighted by Crippen LogP contribution is -2.35. The average molecular weight is 411 g/mol. The molecule has 0 saturated carbocycles. The molecule has 9 heteroatoms. The van der Waals surface area contributed by atoms with Crippen molar-refractivity contribution in [1.82, 2.24) is 9.80 Å². The number of benzene rings is 2. The van der Waals surface area contributed by atoms with Gasteiger partial charge in [-0.2, -0.15) is 0 Å². The Hall–Kier alpha value is -3.59. The van der Waals surface area contributed by atoms with Crippen LogP contribution in [-0.4, -0.2) is 47.8 Å². The van der Waals surface area contributed by atoms with E-state index in [0.717, 1.165) is 12.1 Å². The van der Waals surface area contributed by atoms with Crippen LogP contribution < -0.4 is 5.43 Å². The van der Waals surface area contributed by atoms with Crippen molar-refractivity contribution < 1.29 is 18.5 Å². The molecule has 0 saturated heterocycles. The molecule has 0 radical (unpaired) electrons. The molecule has 0 fully saturated rings. The van der Waals surface area contributed by atoms with Gasteiger partial charge < -0.3 is 14.2 Å². The van der Waals surface area contributed by atoms with Gasteiger partial charge in [0.25, 0.3) is 11.6 Å². The molecule has 8 nitrogen and oxygen atoms in total. The molecule has 0 bridgehead atoms. The van der Waals surface area contributed by atoms with Gasteiger partial charge in [-0.3, -0.25) is 19.7 Å². The second kappa shape index (κ2) is 7.34. The molecule has 1 aromatic heterocycles. The van der Waals surface area contributed by atoms with Crippen LogP contribution in [0.1, 0.15) is 27.7 Å². The molecule has 1 aliphatic rings. The number of fused-ring (bicyclic) bond motifs is 2.